The molecule has 0 unspecified atom stereocenters. The van der Waals surface area contributed by atoms with Gasteiger partial charge in [0.15, 0.2) is 16.8 Å². The van der Waals surface area contributed by atoms with Crippen LogP contribution in [0, 0.1) is 5.82 Å². The fourth-order valence-electron chi connectivity index (χ4n) is 2.41. The minimum absolute atomic E-state index is 0.293. The predicted molar refractivity (Wildman–Crippen MR) is 90.1 cm³/mol. The van der Waals surface area contributed by atoms with Crippen LogP contribution in [0.15, 0.2) is 18.6 Å². The van der Waals surface area contributed by atoms with Crippen molar-refractivity contribution in [2.45, 2.75) is 0 Å². The number of anilines is 4. The van der Waals surface area contributed by atoms with Crippen LogP contribution in [0.4, 0.5) is 27.0 Å². The molecule has 0 atom stereocenters. The Hall–Kier alpha value is -2.59. The lowest BCUT2D eigenvalue weighted by Crippen LogP contribution is -2.36. The van der Waals surface area contributed by atoms with Crippen molar-refractivity contribution in [3.8, 4) is 0 Å². The van der Waals surface area contributed by atoms with Crippen LogP contribution < -0.4 is 16.0 Å². The summed E-state index contributed by atoms with van der Waals surface area (Å²) in [4.78, 5) is 18.6. The number of halogens is 1. The van der Waals surface area contributed by atoms with Crippen molar-refractivity contribution in [1.82, 2.24) is 19.9 Å². The molecule has 1 saturated heterocycles. The highest BCUT2D eigenvalue weighted by molar-refractivity contribution is 7.22. The molecule has 4 heterocycles. The fraction of sp³-hybridized carbons (Fsp3) is 0.286. The summed E-state index contributed by atoms with van der Waals surface area (Å²) in [6.45, 7) is 2.75. The molecule has 0 amide bonds. The molecule has 1 aliphatic rings. The number of ether oxygens (including phenoxy) is 1. The van der Waals surface area contributed by atoms with Crippen LogP contribution in [0.3, 0.4) is 0 Å². The Morgan fingerprint density at radius 3 is 2.88 bits per heavy atom. The Morgan fingerprint density at radius 1 is 1.25 bits per heavy atom. The highest BCUT2D eigenvalue weighted by atomic mass is 32.1. The van der Waals surface area contributed by atoms with Gasteiger partial charge in [-0.25, -0.2) is 24.3 Å². The minimum Gasteiger partial charge on any atom is -0.384 e. The first kappa shape index (κ1) is 15.0. The summed E-state index contributed by atoms with van der Waals surface area (Å²) in [5.74, 6) is 0.864. The normalized spacial score (nSPS) is 15.0. The number of hydrogen-bond acceptors (Lipinski definition) is 9. The number of nitrogens with zero attached hydrogens (tertiary/aromatic N) is 5. The first-order valence-electron chi connectivity index (χ1n) is 7.33. The summed E-state index contributed by atoms with van der Waals surface area (Å²) in [5, 5.41) is 3.80. The summed E-state index contributed by atoms with van der Waals surface area (Å²) in [5.41, 5.74) is 5.94. The number of nitrogens with two attached hydrogens (primary N) is 1. The monoisotopic (exact) mass is 347 g/mol. The summed E-state index contributed by atoms with van der Waals surface area (Å²) in [6.07, 6.45) is 2.50. The summed E-state index contributed by atoms with van der Waals surface area (Å²) >= 11 is 1.39. The lowest BCUT2D eigenvalue weighted by atomic mass is 10.4. The van der Waals surface area contributed by atoms with Crippen molar-refractivity contribution in [1.29, 1.82) is 0 Å². The van der Waals surface area contributed by atoms with Crippen LogP contribution >= 0.6 is 11.3 Å². The van der Waals surface area contributed by atoms with Gasteiger partial charge in [0.25, 0.3) is 0 Å². The Labute approximate surface area is 140 Å². The van der Waals surface area contributed by atoms with E-state index in [1.165, 1.54) is 17.7 Å². The second-order valence-corrected chi connectivity index (χ2v) is 6.16. The minimum atomic E-state index is -0.450. The number of rotatable bonds is 3. The number of nitrogens with one attached hydrogen (secondary N) is 1. The Bertz CT molecular complexity index is 881. The van der Waals surface area contributed by atoms with Crippen LogP contribution in [0.1, 0.15) is 0 Å². The molecule has 0 bridgehead atoms. The smallest absolute Gasteiger partial charge is 0.186 e. The molecule has 10 heteroatoms. The van der Waals surface area contributed by atoms with E-state index in [9.17, 15) is 4.39 Å². The van der Waals surface area contributed by atoms with Gasteiger partial charge in [-0.1, -0.05) is 11.3 Å². The molecule has 24 heavy (non-hydrogen) atoms. The number of fused-ring (bicyclic) bond motifs is 1. The quantitative estimate of drug-likeness (QED) is 0.739. The van der Waals surface area contributed by atoms with Crippen LogP contribution in [-0.2, 0) is 4.74 Å². The fourth-order valence-corrected chi connectivity index (χ4v) is 3.48. The highest BCUT2D eigenvalue weighted by Gasteiger charge is 2.19. The van der Waals surface area contributed by atoms with E-state index < -0.39 is 5.82 Å². The van der Waals surface area contributed by atoms with Gasteiger partial charge in [0.1, 0.15) is 28.2 Å². The van der Waals surface area contributed by atoms with Gasteiger partial charge in [0.2, 0.25) is 0 Å². The molecule has 3 aromatic heterocycles. The molecular formula is C14H14FN7OS. The molecular weight excluding hydrogens is 333 g/mol. The molecule has 4 rings (SSSR count). The topological polar surface area (TPSA) is 102 Å². The van der Waals surface area contributed by atoms with E-state index in [0.717, 1.165) is 24.4 Å². The van der Waals surface area contributed by atoms with Crippen molar-refractivity contribution in [3.63, 3.8) is 0 Å². The molecule has 124 valence electrons. The third-order valence-corrected chi connectivity index (χ3v) is 4.70. The molecule has 0 aromatic carbocycles. The van der Waals surface area contributed by atoms with E-state index in [1.807, 2.05) is 0 Å². The standard InChI is InChI=1S/C14H14FN7OS/c15-8-6-17-13(20-10-5-9(16)18-7-19-10)12-11(8)21-14(24-12)22-1-3-23-4-2-22/h5-7H,1-4H2,(H3,16,17,18,19,20). The number of aromatic nitrogens is 4. The largest absolute Gasteiger partial charge is 0.384 e. The van der Waals surface area contributed by atoms with E-state index in [2.05, 4.69) is 30.2 Å². The van der Waals surface area contributed by atoms with E-state index in [0.29, 0.717) is 40.9 Å². The van der Waals surface area contributed by atoms with Crippen LogP contribution in [0.2, 0.25) is 0 Å². The number of morpholine rings is 1. The van der Waals surface area contributed by atoms with Gasteiger partial charge >= 0.3 is 0 Å². The molecule has 0 aliphatic carbocycles. The number of hydrogen-bond donors (Lipinski definition) is 2. The molecule has 3 N–H and O–H groups in total. The summed E-state index contributed by atoms with van der Waals surface area (Å²) in [7, 11) is 0. The van der Waals surface area contributed by atoms with Crippen molar-refractivity contribution in [2.75, 3.05) is 42.3 Å². The third-order valence-electron chi connectivity index (χ3n) is 3.58. The number of pyridine rings is 1. The van der Waals surface area contributed by atoms with Crippen LogP contribution in [0.5, 0.6) is 0 Å². The SMILES string of the molecule is Nc1cc(Nc2ncc(F)c3nc(N4CCOCC4)sc23)ncn1. The van der Waals surface area contributed by atoms with Crippen molar-refractivity contribution >= 4 is 44.1 Å². The van der Waals surface area contributed by atoms with Crippen molar-refractivity contribution < 1.29 is 9.13 Å². The van der Waals surface area contributed by atoms with Gasteiger partial charge in [-0.2, -0.15) is 0 Å². The first-order chi connectivity index (χ1) is 11.7. The average molecular weight is 347 g/mol. The van der Waals surface area contributed by atoms with E-state index in [1.54, 1.807) is 6.07 Å². The van der Waals surface area contributed by atoms with Crippen LogP contribution in [0.25, 0.3) is 10.2 Å². The predicted octanol–water partition coefficient (Wildman–Crippen LogP) is 1.78. The maximum absolute atomic E-state index is 14.1. The van der Waals surface area contributed by atoms with Gasteiger partial charge in [0.05, 0.1) is 19.4 Å². The van der Waals surface area contributed by atoms with Gasteiger partial charge in [-0.3, -0.25) is 0 Å². The van der Waals surface area contributed by atoms with Crippen molar-refractivity contribution in [3.05, 3.63) is 24.4 Å². The van der Waals surface area contributed by atoms with E-state index >= 15 is 0 Å². The second kappa shape index (κ2) is 6.13. The van der Waals surface area contributed by atoms with Crippen molar-refractivity contribution in [2.24, 2.45) is 0 Å². The zero-order chi connectivity index (χ0) is 16.5. The van der Waals surface area contributed by atoms with E-state index in [4.69, 9.17) is 10.5 Å². The number of nitrogen functional groups attached to an aromatic ring is 1. The van der Waals surface area contributed by atoms with Gasteiger partial charge < -0.3 is 20.7 Å². The molecule has 0 radical (unpaired) electrons. The second-order valence-electron chi connectivity index (χ2n) is 5.18. The van der Waals surface area contributed by atoms with Gasteiger partial charge in [-0.05, 0) is 0 Å². The summed E-state index contributed by atoms with van der Waals surface area (Å²) in [6, 6.07) is 1.58. The maximum Gasteiger partial charge on any atom is 0.186 e. The maximum atomic E-state index is 14.1. The molecule has 3 aromatic rings. The van der Waals surface area contributed by atoms with Gasteiger partial charge in [0, 0.05) is 19.2 Å². The first-order valence-corrected chi connectivity index (χ1v) is 8.14. The number of thiazole rings is 1. The molecule has 1 aliphatic heterocycles. The highest BCUT2D eigenvalue weighted by Crippen LogP contribution is 2.35. The Balaban J connectivity index is 1.73. The third kappa shape index (κ3) is 2.81. The molecule has 1 fully saturated rings. The lowest BCUT2D eigenvalue weighted by Gasteiger charge is -2.25. The molecule has 0 saturated carbocycles. The Kier molecular flexibility index (Phi) is 3.82. The average Bonchev–Trinajstić information content (AvgIpc) is 3.05. The molecule has 8 nitrogen and oxygen atoms in total. The molecule has 0 spiro atoms. The zero-order valence-corrected chi connectivity index (χ0v) is 13.4. The van der Waals surface area contributed by atoms with Gasteiger partial charge in [-0.15, -0.1) is 0 Å². The lowest BCUT2D eigenvalue weighted by molar-refractivity contribution is 0.122. The van der Waals surface area contributed by atoms with Crippen LogP contribution in [-0.4, -0.2) is 46.2 Å². The van der Waals surface area contributed by atoms with E-state index in [-0.39, 0.29) is 0 Å². The summed E-state index contributed by atoms with van der Waals surface area (Å²) < 4.78 is 20.1. The zero-order valence-electron chi connectivity index (χ0n) is 12.6. The Morgan fingerprint density at radius 2 is 2.08 bits per heavy atom.